The summed E-state index contributed by atoms with van der Waals surface area (Å²) in [6.07, 6.45) is 4.05. The van der Waals surface area contributed by atoms with Crippen LogP contribution in [0, 0.1) is 11.8 Å². The molecule has 4 N–H and O–H groups in total. The number of carbonyl (C=O) groups excluding carboxylic acids is 1. The average molecular weight is 407 g/mol. The van der Waals surface area contributed by atoms with Crippen LogP contribution in [0.4, 0.5) is 8.78 Å². The van der Waals surface area contributed by atoms with Crippen LogP contribution in [0.15, 0.2) is 0 Å². The number of aliphatic hydroxyl groups is 1. The second-order valence-electron chi connectivity index (χ2n) is 9.63. The number of nitrogens with two attached hydrogens (primary N) is 1. The first-order valence-corrected chi connectivity index (χ1v) is 10.6. The second kappa shape index (κ2) is 10.8. The summed E-state index contributed by atoms with van der Waals surface area (Å²) >= 11 is 0. The van der Waals surface area contributed by atoms with Gasteiger partial charge in [-0.25, -0.2) is 8.78 Å². The molecule has 5 nitrogen and oxygen atoms in total. The Labute approximate surface area is 168 Å². The van der Waals surface area contributed by atoms with Gasteiger partial charge in [0.1, 0.15) is 11.7 Å². The molecule has 0 radical (unpaired) electrons. The van der Waals surface area contributed by atoms with Crippen molar-refractivity contribution in [2.24, 2.45) is 17.6 Å². The number of halogens is 2. The van der Waals surface area contributed by atoms with Gasteiger partial charge >= 0.3 is 11.9 Å². The minimum absolute atomic E-state index is 0.224. The first-order valence-electron chi connectivity index (χ1n) is 10.6. The third kappa shape index (κ3) is 8.29. The van der Waals surface area contributed by atoms with E-state index in [1.165, 1.54) is 0 Å². The molecule has 0 aromatic heterocycles. The summed E-state index contributed by atoms with van der Waals surface area (Å²) in [5.41, 5.74) is 5.06. The molecule has 0 spiro atoms. The van der Waals surface area contributed by atoms with E-state index in [9.17, 15) is 9.90 Å². The lowest BCUT2D eigenvalue weighted by molar-refractivity contribution is -0.184. The monoisotopic (exact) mass is 406 g/mol. The summed E-state index contributed by atoms with van der Waals surface area (Å²) < 4.78 is 35.5. The number of hydrogen-bond donors (Lipinski definition) is 3. The molecule has 1 aliphatic carbocycles. The quantitative estimate of drug-likeness (QED) is 0.483. The molecule has 1 saturated carbocycles. The van der Waals surface area contributed by atoms with E-state index in [4.69, 9.17) is 10.5 Å². The van der Waals surface area contributed by atoms with Gasteiger partial charge in [-0.15, -0.1) is 0 Å². The summed E-state index contributed by atoms with van der Waals surface area (Å²) in [6, 6.07) is -3.02. The molecule has 28 heavy (non-hydrogen) atoms. The zero-order chi connectivity index (χ0) is 21.5. The van der Waals surface area contributed by atoms with Gasteiger partial charge < -0.3 is 15.6 Å². The van der Waals surface area contributed by atoms with Crippen LogP contribution in [-0.4, -0.2) is 47.3 Å². The Morgan fingerprint density at radius 2 is 1.79 bits per heavy atom. The van der Waals surface area contributed by atoms with Crippen molar-refractivity contribution >= 4 is 5.97 Å². The molecule has 166 valence electrons. The van der Waals surface area contributed by atoms with Crippen LogP contribution < -0.4 is 11.1 Å². The standard InChI is InChI=1S/C21H40F2N2O3/c1-14(2)11-12-25-17(19(27)28-20(3,4)5)21(22,23)18(26)16(24)13-15-9-7-6-8-10-15/h14-18,25-26H,6-13,24H2,1-5H3. The Bertz CT molecular complexity index is 475. The Morgan fingerprint density at radius 3 is 2.29 bits per heavy atom. The van der Waals surface area contributed by atoms with Gasteiger partial charge in [0, 0.05) is 6.04 Å². The molecule has 0 heterocycles. The van der Waals surface area contributed by atoms with Gasteiger partial charge in [-0.2, -0.15) is 0 Å². The van der Waals surface area contributed by atoms with Crippen LogP contribution in [0.1, 0.15) is 79.6 Å². The largest absolute Gasteiger partial charge is 0.459 e. The fourth-order valence-electron chi connectivity index (χ4n) is 3.65. The van der Waals surface area contributed by atoms with E-state index in [0.717, 1.165) is 32.1 Å². The Balaban J connectivity index is 2.87. The number of nitrogens with one attached hydrogen (secondary N) is 1. The number of ether oxygens (including phenoxy) is 1. The predicted molar refractivity (Wildman–Crippen MR) is 107 cm³/mol. The molecular formula is C21H40F2N2O3. The van der Waals surface area contributed by atoms with E-state index in [1.54, 1.807) is 20.8 Å². The van der Waals surface area contributed by atoms with E-state index < -0.39 is 35.7 Å². The van der Waals surface area contributed by atoms with E-state index in [1.807, 2.05) is 13.8 Å². The molecule has 0 aromatic carbocycles. The lowest BCUT2D eigenvalue weighted by Gasteiger charge is -2.35. The smallest absolute Gasteiger partial charge is 0.330 e. The highest BCUT2D eigenvalue weighted by molar-refractivity contribution is 5.77. The Kier molecular flexibility index (Phi) is 9.77. The number of carbonyl (C=O) groups is 1. The van der Waals surface area contributed by atoms with Gasteiger partial charge in [0.25, 0.3) is 0 Å². The molecule has 0 saturated heterocycles. The van der Waals surface area contributed by atoms with E-state index in [2.05, 4.69) is 5.32 Å². The number of alkyl halides is 2. The molecule has 1 aliphatic rings. The number of rotatable bonds is 10. The third-order valence-electron chi connectivity index (χ3n) is 5.23. The van der Waals surface area contributed by atoms with Crippen molar-refractivity contribution in [3.8, 4) is 0 Å². The maximum absolute atomic E-state index is 15.1. The predicted octanol–water partition coefficient (Wildman–Crippen LogP) is 3.63. The van der Waals surface area contributed by atoms with Gasteiger partial charge in [-0.05, 0) is 52.0 Å². The van der Waals surface area contributed by atoms with E-state index in [0.29, 0.717) is 18.8 Å². The van der Waals surface area contributed by atoms with Crippen LogP contribution in [0.5, 0.6) is 0 Å². The number of esters is 1. The maximum Gasteiger partial charge on any atom is 0.330 e. The van der Waals surface area contributed by atoms with E-state index >= 15 is 8.78 Å². The minimum atomic E-state index is -3.73. The highest BCUT2D eigenvalue weighted by Crippen LogP contribution is 2.32. The van der Waals surface area contributed by atoms with Crippen molar-refractivity contribution in [3.05, 3.63) is 0 Å². The topological polar surface area (TPSA) is 84.6 Å². The summed E-state index contributed by atoms with van der Waals surface area (Å²) in [4.78, 5) is 12.5. The molecule has 1 rings (SSSR count). The van der Waals surface area contributed by atoms with E-state index in [-0.39, 0.29) is 12.5 Å². The highest BCUT2D eigenvalue weighted by atomic mass is 19.3. The van der Waals surface area contributed by atoms with Crippen LogP contribution in [-0.2, 0) is 9.53 Å². The molecule has 0 aromatic rings. The summed E-state index contributed by atoms with van der Waals surface area (Å²) in [6.45, 7) is 9.04. The van der Waals surface area contributed by atoms with Crippen molar-refractivity contribution in [1.82, 2.24) is 5.32 Å². The molecule has 1 fully saturated rings. The highest BCUT2D eigenvalue weighted by Gasteiger charge is 2.53. The summed E-state index contributed by atoms with van der Waals surface area (Å²) in [5.74, 6) is -4.25. The number of hydrogen-bond acceptors (Lipinski definition) is 5. The SMILES string of the molecule is CC(C)CCNC(C(=O)OC(C)(C)C)C(F)(F)C(O)C(N)CC1CCCCC1. The molecule has 3 atom stereocenters. The van der Waals surface area contributed by atoms with Crippen LogP contribution >= 0.6 is 0 Å². The van der Waals surface area contributed by atoms with Crippen LogP contribution in [0.3, 0.4) is 0 Å². The lowest BCUT2D eigenvalue weighted by Crippen LogP contribution is -2.62. The first-order chi connectivity index (χ1) is 12.8. The number of aliphatic hydroxyl groups excluding tert-OH is 1. The van der Waals surface area contributed by atoms with Gasteiger partial charge in [0.15, 0.2) is 6.04 Å². The molecule has 0 bridgehead atoms. The van der Waals surface area contributed by atoms with Gasteiger partial charge in [0.05, 0.1) is 0 Å². The van der Waals surface area contributed by atoms with Gasteiger partial charge in [-0.1, -0.05) is 46.0 Å². The Hall–Kier alpha value is -0.790. The van der Waals surface area contributed by atoms with Crippen molar-refractivity contribution in [2.75, 3.05) is 6.54 Å². The zero-order valence-electron chi connectivity index (χ0n) is 18.1. The summed E-state index contributed by atoms with van der Waals surface area (Å²) in [7, 11) is 0. The van der Waals surface area contributed by atoms with Crippen LogP contribution in [0.25, 0.3) is 0 Å². The fourth-order valence-corrected chi connectivity index (χ4v) is 3.65. The zero-order valence-corrected chi connectivity index (χ0v) is 18.1. The second-order valence-corrected chi connectivity index (χ2v) is 9.63. The van der Waals surface area contributed by atoms with Crippen molar-refractivity contribution in [2.45, 2.75) is 109 Å². The molecule has 7 heteroatoms. The van der Waals surface area contributed by atoms with Gasteiger partial charge in [-0.3, -0.25) is 10.1 Å². The van der Waals surface area contributed by atoms with Crippen molar-refractivity contribution in [1.29, 1.82) is 0 Å². The van der Waals surface area contributed by atoms with Crippen molar-refractivity contribution < 1.29 is 23.4 Å². The lowest BCUT2D eigenvalue weighted by atomic mass is 9.82. The summed E-state index contributed by atoms with van der Waals surface area (Å²) in [5, 5.41) is 13.0. The normalized spacial score (nSPS) is 20.1. The fraction of sp³-hybridized carbons (Fsp3) is 0.952. The van der Waals surface area contributed by atoms with Gasteiger partial charge in [0.2, 0.25) is 0 Å². The Morgan fingerprint density at radius 1 is 1.21 bits per heavy atom. The molecule has 3 unspecified atom stereocenters. The van der Waals surface area contributed by atoms with Crippen molar-refractivity contribution in [3.63, 3.8) is 0 Å². The van der Waals surface area contributed by atoms with Crippen LogP contribution in [0.2, 0.25) is 0 Å². The maximum atomic E-state index is 15.1. The third-order valence-corrected chi connectivity index (χ3v) is 5.23. The molecule has 0 aliphatic heterocycles. The molecule has 0 amide bonds. The minimum Gasteiger partial charge on any atom is -0.459 e. The molecular weight excluding hydrogens is 366 g/mol. The average Bonchev–Trinajstić information content (AvgIpc) is 2.56. The first kappa shape index (κ1) is 25.2.